The molecule has 1 amide bonds. The van der Waals surface area contributed by atoms with Gasteiger partial charge in [-0.05, 0) is 38.8 Å². The first-order valence-corrected chi connectivity index (χ1v) is 8.76. The summed E-state index contributed by atoms with van der Waals surface area (Å²) in [6, 6.07) is 10.5. The molecule has 0 radical (unpaired) electrons. The zero-order valence-corrected chi connectivity index (χ0v) is 15.3. The van der Waals surface area contributed by atoms with Gasteiger partial charge in [0.05, 0.1) is 11.6 Å². The van der Waals surface area contributed by atoms with Crippen LogP contribution in [0.4, 0.5) is 0 Å². The number of hydrogen-bond donors (Lipinski definition) is 1. The van der Waals surface area contributed by atoms with E-state index in [1.807, 2.05) is 44.2 Å². The number of carbonyl (C=O) groups is 3. The second kappa shape index (κ2) is 8.58. The Morgan fingerprint density at radius 3 is 2.40 bits per heavy atom. The molecular formula is C19H21NO4S. The molecule has 0 aliphatic carbocycles. The summed E-state index contributed by atoms with van der Waals surface area (Å²) in [7, 11) is 0. The fraction of sp³-hybridized carbons (Fsp3) is 0.316. The van der Waals surface area contributed by atoms with Gasteiger partial charge in [0.25, 0.3) is 5.91 Å². The topological polar surface area (TPSA) is 72.5 Å². The summed E-state index contributed by atoms with van der Waals surface area (Å²) in [4.78, 5) is 37.7. The third-order valence-electron chi connectivity index (χ3n) is 3.70. The average Bonchev–Trinajstić information content (AvgIpc) is 2.91. The molecule has 1 aromatic carbocycles. The van der Waals surface area contributed by atoms with E-state index in [-0.39, 0.29) is 5.78 Å². The third kappa shape index (κ3) is 5.53. The van der Waals surface area contributed by atoms with Crippen LogP contribution in [0.5, 0.6) is 0 Å². The Bertz CT molecular complexity index is 767. The Kier molecular flexibility index (Phi) is 6.47. The molecule has 1 heterocycles. The van der Waals surface area contributed by atoms with Crippen molar-refractivity contribution in [3.63, 3.8) is 0 Å². The van der Waals surface area contributed by atoms with Crippen LogP contribution in [0.25, 0.3) is 0 Å². The molecule has 0 saturated carbocycles. The van der Waals surface area contributed by atoms with E-state index in [0.717, 1.165) is 15.3 Å². The number of Topliss-reactive ketones (excluding diaryl/α,β-unsaturated/α-hetero) is 1. The lowest BCUT2D eigenvalue weighted by Gasteiger charge is -2.16. The smallest absolute Gasteiger partial charge is 0.339 e. The number of carbonyl (C=O) groups excluding carboxylic acids is 3. The maximum Gasteiger partial charge on any atom is 0.339 e. The number of benzene rings is 1. The van der Waals surface area contributed by atoms with E-state index in [1.165, 1.54) is 18.3 Å². The van der Waals surface area contributed by atoms with Crippen molar-refractivity contribution in [3.8, 4) is 0 Å². The van der Waals surface area contributed by atoms with Crippen LogP contribution in [0.15, 0.2) is 36.4 Å². The molecule has 1 aromatic heterocycles. The third-order valence-corrected chi connectivity index (χ3v) is 4.67. The Balaban J connectivity index is 1.90. The second-order valence-electron chi connectivity index (χ2n) is 5.82. The quantitative estimate of drug-likeness (QED) is 0.772. The van der Waals surface area contributed by atoms with Crippen molar-refractivity contribution in [3.05, 3.63) is 57.3 Å². The summed E-state index contributed by atoms with van der Waals surface area (Å²) in [5.41, 5.74) is 1.42. The monoisotopic (exact) mass is 359 g/mol. The molecular weight excluding hydrogens is 338 g/mol. The lowest BCUT2D eigenvalue weighted by molar-refractivity contribution is -0.128. The van der Waals surface area contributed by atoms with Crippen LogP contribution >= 0.6 is 11.3 Å². The number of rotatable bonds is 7. The summed E-state index contributed by atoms with van der Waals surface area (Å²) in [5, 5.41) is 2.63. The maximum atomic E-state index is 12.0. The number of ketones is 1. The zero-order valence-electron chi connectivity index (χ0n) is 14.5. The standard InChI is InChI=1S/C19H21NO4S/c1-12-9-16(14(3)25-12)19(23)24-11-18(22)20-17(13(2)21)10-15-7-5-4-6-8-15/h4-9,17H,10-11H2,1-3H3,(H,20,22)/t17-/m1/s1. The van der Waals surface area contributed by atoms with E-state index in [9.17, 15) is 14.4 Å². The number of hydrogen-bond acceptors (Lipinski definition) is 5. The molecule has 1 N–H and O–H groups in total. The van der Waals surface area contributed by atoms with Gasteiger partial charge in [0.15, 0.2) is 12.4 Å². The highest BCUT2D eigenvalue weighted by Crippen LogP contribution is 2.21. The molecule has 0 aliphatic heterocycles. The van der Waals surface area contributed by atoms with E-state index in [1.54, 1.807) is 6.07 Å². The van der Waals surface area contributed by atoms with Crippen LogP contribution in [0.1, 0.15) is 32.6 Å². The van der Waals surface area contributed by atoms with E-state index in [4.69, 9.17) is 4.74 Å². The SMILES string of the molecule is CC(=O)[C@@H](Cc1ccccc1)NC(=O)COC(=O)c1cc(C)sc1C. The van der Waals surface area contributed by atoms with E-state index < -0.39 is 24.5 Å². The second-order valence-corrected chi connectivity index (χ2v) is 7.28. The van der Waals surface area contributed by atoms with Crippen molar-refractivity contribution in [1.29, 1.82) is 0 Å². The van der Waals surface area contributed by atoms with Gasteiger partial charge in [-0.3, -0.25) is 9.59 Å². The van der Waals surface area contributed by atoms with Crippen molar-refractivity contribution < 1.29 is 19.1 Å². The van der Waals surface area contributed by atoms with E-state index in [0.29, 0.717) is 12.0 Å². The first kappa shape index (κ1) is 18.9. The minimum Gasteiger partial charge on any atom is -0.452 e. The summed E-state index contributed by atoms with van der Waals surface area (Å²) in [5.74, 6) is -1.17. The molecule has 0 aliphatic rings. The normalized spacial score (nSPS) is 11.6. The van der Waals surface area contributed by atoms with Gasteiger partial charge in [0.1, 0.15) is 0 Å². The van der Waals surface area contributed by atoms with Crippen LogP contribution in [0, 0.1) is 13.8 Å². The van der Waals surface area contributed by atoms with Crippen LogP contribution in [-0.2, 0) is 20.7 Å². The summed E-state index contributed by atoms with van der Waals surface area (Å²) in [6.07, 6.45) is 0.401. The lowest BCUT2D eigenvalue weighted by Crippen LogP contribution is -2.43. The maximum absolute atomic E-state index is 12.0. The molecule has 2 rings (SSSR count). The Morgan fingerprint density at radius 2 is 1.84 bits per heavy atom. The van der Waals surface area contributed by atoms with Gasteiger partial charge in [-0.1, -0.05) is 30.3 Å². The van der Waals surface area contributed by atoms with Gasteiger partial charge >= 0.3 is 5.97 Å². The van der Waals surface area contributed by atoms with Gasteiger partial charge in [-0.2, -0.15) is 0 Å². The highest BCUT2D eigenvalue weighted by Gasteiger charge is 2.19. The largest absolute Gasteiger partial charge is 0.452 e. The van der Waals surface area contributed by atoms with Crippen molar-refractivity contribution >= 4 is 29.0 Å². The molecule has 1 atom stereocenters. The number of ether oxygens (including phenoxy) is 1. The van der Waals surface area contributed by atoms with Crippen molar-refractivity contribution in [2.45, 2.75) is 33.2 Å². The molecule has 0 fully saturated rings. The van der Waals surface area contributed by atoms with Gasteiger partial charge in [-0.15, -0.1) is 11.3 Å². The molecule has 2 aromatic rings. The summed E-state index contributed by atoms with van der Waals surface area (Å²) >= 11 is 1.50. The van der Waals surface area contributed by atoms with E-state index >= 15 is 0 Å². The van der Waals surface area contributed by atoms with Gasteiger partial charge in [-0.25, -0.2) is 4.79 Å². The van der Waals surface area contributed by atoms with Gasteiger partial charge in [0, 0.05) is 9.75 Å². The molecule has 0 bridgehead atoms. The van der Waals surface area contributed by atoms with Crippen LogP contribution in [-0.4, -0.2) is 30.3 Å². The average molecular weight is 359 g/mol. The lowest BCUT2D eigenvalue weighted by atomic mass is 10.0. The van der Waals surface area contributed by atoms with Crippen molar-refractivity contribution in [1.82, 2.24) is 5.32 Å². The fourth-order valence-electron chi connectivity index (χ4n) is 2.42. The first-order chi connectivity index (χ1) is 11.9. The van der Waals surface area contributed by atoms with Gasteiger partial charge < -0.3 is 10.1 Å². The molecule has 132 valence electrons. The van der Waals surface area contributed by atoms with Gasteiger partial charge in [0.2, 0.25) is 0 Å². The highest BCUT2D eigenvalue weighted by atomic mass is 32.1. The Labute approximate surface area is 151 Å². The molecule has 0 unspecified atom stereocenters. The van der Waals surface area contributed by atoms with E-state index in [2.05, 4.69) is 5.32 Å². The van der Waals surface area contributed by atoms with Crippen molar-refractivity contribution in [2.24, 2.45) is 0 Å². The molecule has 5 nitrogen and oxygen atoms in total. The van der Waals surface area contributed by atoms with Crippen LogP contribution in [0.2, 0.25) is 0 Å². The molecule has 25 heavy (non-hydrogen) atoms. The van der Waals surface area contributed by atoms with Crippen molar-refractivity contribution in [2.75, 3.05) is 6.61 Å². The first-order valence-electron chi connectivity index (χ1n) is 7.94. The number of thiophene rings is 1. The summed E-state index contributed by atoms with van der Waals surface area (Å²) in [6.45, 7) is 4.76. The predicted octanol–water partition coefficient (Wildman–Crippen LogP) is 2.84. The minimum absolute atomic E-state index is 0.146. The van der Waals surface area contributed by atoms with Crippen LogP contribution < -0.4 is 5.32 Å². The predicted molar refractivity (Wildman–Crippen MR) is 96.8 cm³/mol. The highest BCUT2D eigenvalue weighted by molar-refractivity contribution is 7.12. The number of amides is 1. The Morgan fingerprint density at radius 1 is 1.16 bits per heavy atom. The number of aryl methyl sites for hydroxylation is 2. The number of nitrogens with one attached hydrogen (secondary N) is 1. The molecule has 0 spiro atoms. The zero-order chi connectivity index (χ0) is 18.4. The number of esters is 1. The minimum atomic E-state index is -0.640. The summed E-state index contributed by atoms with van der Waals surface area (Å²) < 4.78 is 5.06. The molecule has 6 heteroatoms. The van der Waals surface area contributed by atoms with Crippen LogP contribution in [0.3, 0.4) is 0 Å². The Hall–Kier alpha value is -2.47. The molecule has 0 saturated heterocycles. The fourth-order valence-corrected chi connectivity index (χ4v) is 3.34.